The van der Waals surface area contributed by atoms with Gasteiger partial charge in [-0.15, -0.1) is 6.42 Å². The number of hydrogen-bond donors (Lipinski definition) is 2. The summed E-state index contributed by atoms with van der Waals surface area (Å²) >= 11 is 0. The Labute approximate surface area is 84.9 Å². The Morgan fingerprint density at radius 2 is 2.33 bits per heavy atom. The summed E-state index contributed by atoms with van der Waals surface area (Å²) in [6, 6.07) is 1.16. The fourth-order valence-electron chi connectivity index (χ4n) is 0.929. The standard InChI is InChI=1S/C9H9N3O3/c1-2-4-10-8(14)6-12-5-3-7(13)11-9(12)15/h1,3,5H,4,6H2,(H,10,14)(H,11,13,15). The van der Waals surface area contributed by atoms with E-state index in [-0.39, 0.29) is 19.0 Å². The number of terminal acetylenes is 1. The minimum Gasteiger partial charge on any atom is -0.344 e. The number of nitrogens with zero attached hydrogens (tertiary/aromatic N) is 1. The summed E-state index contributed by atoms with van der Waals surface area (Å²) in [7, 11) is 0. The second-order valence-corrected chi connectivity index (χ2v) is 2.72. The lowest BCUT2D eigenvalue weighted by Crippen LogP contribution is -2.35. The van der Waals surface area contributed by atoms with Crippen LogP contribution in [-0.4, -0.2) is 22.0 Å². The minimum atomic E-state index is -0.627. The van der Waals surface area contributed by atoms with Gasteiger partial charge in [-0.3, -0.25) is 19.1 Å². The molecule has 0 atom stereocenters. The zero-order valence-corrected chi connectivity index (χ0v) is 7.82. The Bertz CT molecular complexity index is 506. The molecule has 15 heavy (non-hydrogen) atoms. The molecule has 6 heteroatoms. The molecule has 0 aromatic carbocycles. The summed E-state index contributed by atoms with van der Waals surface area (Å²) in [5.41, 5.74) is -1.13. The number of nitrogens with one attached hydrogen (secondary N) is 2. The monoisotopic (exact) mass is 207 g/mol. The van der Waals surface area contributed by atoms with E-state index in [2.05, 4.69) is 11.2 Å². The molecule has 0 aliphatic rings. The van der Waals surface area contributed by atoms with Gasteiger partial charge in [0.25, 0.3) is 5.56 Å². The van der Waals surface area contributed by atoms with Crippen LogP contribution in [0.25, 0.3) is 0 Å². The number of amides is 1. The first-order valence-electron chi connectivity index (χ1n) is 4.13. The molecule has 1 rings (SSSR count). The molecule has 0 fully saturated rings. The second-order valence-electron chi connectivity index (χ2n) is 2.72. The van der Waals surface area contributed by atoms with Gasteiger partial charge >= 0.3 is 5.69 Å². The highest BCUT2D eigenvalue weighted by molar-refractivity contribution is 5.75. The maximum absolute atomic E-state index is 11.2. The molecular formula is C9H9N3O3. The van der Waals surface area contributed by atoms with Crippen LogP contribution in [-0.2, 0) is 11.3 Å². The topological polar surface area (TPSA) is 84.0 Å². The average Bonchev–Trinajstić information content (AvgIpc) is 2.19. The van der Waals surface area contributed by atoms with Crippen molar-refractivity contribution in [3.8, 4) is 12.3 Å². The van der Waals surface area contributed by atoms with Gasteiger partial charge in [-0.05, 0) is 0 Å². The lowest BCUT2D eigenvalue weighted by Gasteiger charge is -2.03. The fraction of sp³-hybridized carbons (Fsp3) is 0.222. The number of H-pyrrole nitrogens is 1. The highest BCUT2D eigenvalue weighted by Crippen LogP contribution is 1.76. The molecule has 0 bridgehead atoms. The van der Waals surface area contributed by atoms with Crippen LogP contribution in [0, 0.1) is 12.3 Å². The van der Waals surface area contributed by atoms with Crippen molar-refractivity contribution < 1.29 is 4.79 Å². The van der Waals surface area contributed by atoms with Gasteiger partial charge in [0.15, 0.2) is 0 Å². The predicted octanol–water partition coefficient (Wildman–Crippen LogP) is -1.71. The van der Waals surface area contributed by atoms with Crippen molar-refractivity contribution in [2.75, 3.05) is 6.54 Å². The average molecular weight is 207 g/mol. The molecule has 0 unspecified atom stereocenters. The normalized spacial score (nSPS) is 9.27. The largest absolute Gasteiger partial charge is 0.344 e. The Balaban J connectivity index is 2.74. The molecule has 1 aromatic rings. The van der Waals surface area contributed by atoms with E-state index in [1.54, 1.807) is 0 Å². The summed E-state index contributed by atoms with van der Waals surface area (Å²) in [4.78, 5) is 35.0. The first-order chi connectivity index (χ1) is 7.13. The number of aromatic amines is 1. The van der Waals surface area contributed by atoms with E-state index in [1.807, 2.05) is 4.98 Å². The number of aromatic nitrogens is 2. The summed E-state index contributed by atoms with van der Waals surface area (Å²) in [5.74, 6) is 1.84. The van der Waals surface area contributed by atoms with Crippen LogP contribution in [0.15, 0.2) is 21.9 Å². The van der Waals surface area contributed by atoms with E-state index < -0.39 is 11.2 Å². The number of carbonyl (C=O) groups is 1. The Hall–Kier alpha value is -2.29. The fourth-order valence-corrected chi connectivity index (χ4v) is 0.929. The lowest BCUT2D eigenvalue weighted by molar-refractivity contribution is -0.121. The maximum Gasteiger partial charge on any atom is 0.328 e. The molecule has 0 saturated carbocycles. The molecule has 0 saturated heterocycles. The number of carbonyl (C=O) groups excluding carboxylic acids is 1. The molecule has 0 aliphatic carbocycles. The van der Waals surface area contributed by atoms with E-state index >= 15 is 0 Å². The van der Waals surface area contributed by atoms with Crippen LogP contribution in [0.2, 0.25) is 0 Å². The van der Waals surface area contributed by atoms with Crippen molar-refractivity contribution in [3.05, 3.63) is 33.1 Å². The summed E-state index contributed by atoms with van der Waals surface area (Å²) in [6.45, 7) is -0.0613. The zero-order valence-electron chi connectivity index (χ0n) is 7.82. The molecule has 0 aliphatic heterocycles. The first kappa shape index (κ1) is 10.8. The van der Waals surface area contributed by atoms with Crippen molar-refractivity contribution in [1.82, 2.24) is 14.9 Å². The third-order valence-corrected chi connectivity index (χ3v) is 1.60. The Kier molecular flexibility index (Phi) is 3.46. The van der Waals surface area contributed by atoms with Crippen molar-refractivity contribution in [2.24, 2.45) is 0 Å². The quantitative estimate of drug-likeness (QED) is 0.578. The molecule has 1 aromatic heterocycles. The molecule has 0 radical (unpaired) electrons. The van der Waals surface area contributed by atoms with Gasteiger partial charge in [0, 0.05) is 12.3 Å². The molecule has 0 spiro atoms. The van der Waals surface area contributed by atoms with Crippen LogP contribution >= 0.6 is 0 Å². The zero-order chi connectivity index (χ0) is 11.3. The highest BCUT2D eigenvalue weighted by Gasteiger charge is 2.02. The van der Waals surface area contributed by atoms with Gasteiger partial charge in [-0.25, -0.2) is 4.79 Å². The van der Waals surface area contributed by atoms with Crippen LogP contribution in [0.4, 0.5) is 0 Å². The van der Waals surface area contributed by atoms with E-state index in [0.29, 0.717) is 0 Å². The Morgan fingerprint density at radius 1 is 1.60 bits per heavy atom. The molecular weight excluding hydrogens is 198 g/mol. The van der Waals surface area contributed by atoms with Gasteiger partial charge in [-0.1, -0.05) is 5.92 Å². The van der Waals surface area contributed by atoms with E-state index in [4.69, 9.17) is 6.42 Å². The first-order valence-corrected chi connectivity index (χ1v) is 4.13. The predicted molar refractivity (Wildman–Crippen MR) is 53.2 cm³/mol. The minimum absolute atomic E-state index is 0.108. The van der Waals surface area contributed by atoms with E-state index in [9.17, 15) is 14.4 Å². The maximum atomic E-state index is 11.2. The summed E-state index contributed by atoms with van der Waals surface area (Å²) in [5, 5.41) is 2.40. The number of hydrogen-bond acceptors (Lipinski definition) is 3. The molecule has 2 N–H and O–H groups in total. The third-order valence-electron chi connectivity index (χ3n) is 1.60. The number of rotatable bonds is 3. The van der Waals surface area contributed by atoms with Crippen molar-refractivity contribution in [1.29, 1.82) is 0 Å². The smallest absolute Gasteiger partial charge is 0.328 e. The van der Waals surface area contributed by atoms with Gasteiger partial charge in [0.2, 0.25) is 5.91 Å². The lowest BCUT2D eigenvalue weighted by atomic mass is 10.5. The molecule has 78 valence electrons. The van der Waals surface area contributed by atoms with Gasteiger partial charge in [0.1, 0.15) is 6.54 Å². The highest BCUT2D eigenvalue weighted by atomic mass is 16.2. The third kappa shape index (κ3) is 3.15. The van der Waals surface area contributed by atoms with E-state index in [1.165, 1.54) is 6.20 Å². The van der Waals surface area contributed by atoms with Crippen LogP contribution in [0.5, 0.6) is 0 Å². The van der Waals surface area contributed by atoms with Crippen molar-refractivity contribution in [3.63, 3.8) is 0 Å². The molecule has 1 amide bonds. The summed E-state index contributed by atoms with van der Waals surface area (Å²) in [6.07, 6.45) is 6.19. The van der Waals surface area contributed by atoms with E-state index in [0.717, 1.165) is 10.6 Å². The Morgan fingerprint density at radius 3 is 2.93 bits per heavy atom. The van der Waals surface area contributed by atoms with Crippen molar-refractivity contribution >= 4 is 5.91 Å². The second kappa shape index (κ2) is 4.81. The summed E-state index contributed by atoms with van der Waals surface area (Å²) < 4.78 is 1.08. The van der Waals surface area contributed by atoms with Crippen LogP contribution in [0.3, 0.4) is 0 Å². The van der Waals surface area contributed by atoms with Crippen LogP contribution < -0.4 is 16.6 Å². The van der Waals surface area contributed by atoms with Gasteiger partial charge in [-0.2, -0.15) is 0 Å². The van der Waals surface area contributed by atoms with Crippen molar-refractivity contribution in [2.45, 2.75) is 6.54 Å². The SMILES string of the molecule is C#CCNC(=O)Cn1ccc(=O)[nH]c1=O. The molecule has 6 nitrogen and oxygen atoms in total. The van der Waals surface area contributed by atoms with Crippen LogP contribution in [0.1, 0.15) is 0 Å². The molecule has 1 heterocycles. The van der Waals surface area contributed by atoms with Gasteiger partial charge < -0.3 is 5.32 Å². The van der Waals surface area contributed by atoms with Gasteiger partial charge in [0.05, 0.1) is 6.54 Å².